The van der Waals surface area contributed by atoms with E-state index in [-0.39, 0.29) is 22.5 Å². The summed E-state index contributed by atoms with van der Waals surface area (Å²) in [5.41, 5.74) is 0.853. The van der Waals surface area contributed by atoms with Crippen molar-refractivity contribution in [1.82, 2.24) is 4.72 Å². The van der Waals surface area contributed by atoms with Crippen molar-refractivity contribution < 1.29 is 18.3 Å². The molecule has 2 aromatic rings. The van der Waals surface area contributed by atoms with Crippen molar-refractivity contribution >= 4 is 33.3 Å². The summed E-state index contributed by atoms with van der Waals surface area (Å²) in [5, 5.41) is 12.9. The number of halogens is 1. The van der Waals surface area contributed by atoms with E-state index in [1.165, 1.54) is 18.2 Å². The number of sulfonamides is 1. The average Bonchev–Trinajstić information content (AvgIpc) is 2.64. The fourth-order valence-corrected chi connectivity index (χ4v) is 4.72. The standard InChI is InChI=1S/C19H21ClN2O4S/c20-14-8-10-16(11-9-14)27(25,26)22-18-7-2-1-6-17(18)21-15-5-3-4-13(12-15)19(23)24/h3-5,8-12,17-18,21-22H,1-2,6-7H2,(H,23,24). The lowest BCUT2D eigenvalue weighted by Gasteiger charge is -2.33. The molecule has 0 saturated heterocycles. The zero-order valence-corrected chi connectivity index (χ0v) is 16.1. The van der Waals surface area contributed by atoms with E-state index in [4.69, 9.17) is 16.7 Å². The number of benzene rings is 2. The van der Waals surface area contributed by atoms with Gasteiger partial charge in [-0.3, -0.25) is 0 Å². The first-order valence-corrected chi connectivity index (χ1v) is 10.6. The molecule has 2 atom stereocenters. The van der Waals surface area contributed by atoms with Gasteiger partial charge < -0.3 is 10.4 Å². The molecular weight excluding hydrogens is 388 g/mol. The van der Waals surface area contributed by atoms with Gasteiger partial charge in [-0.05, 0) is 55.3 Å². The third kappa shape index (κ3) is 5.00. The number of aromatic carboxylic acids is 1. The van der Waals surface area contributed by atoms with Crippen LogP contribution in [0.25, 0.3) is 0 Å². The maximum atomic E-state index is 12.7. The van der Waals surface area contributed by atoms with Crippen LogP contribution in [0.1, 0.15) is 36.0 Å². The van der Waals surface area contributed by atoms with Gasteiger partial charge in [-0.2, -0.15) is 0 Å². The van der Waals surface area contributed by atoms with Gasteiger partial charge in [0, 0.05) is 22.8 Å². The molecule has 0 heterocycles. The molecule has 0 radical (unpaired) electrons. The van der Waals surface area contributed by atoms with Crippen LogP contribution < -0.4 is 10.0 Å². The molecular formula is C19H21ClN2O4S. The lowest BCUT2D eigenvalue weighted by atomic mass is 9.91. The Hall–Kier alpha value is -2.09. The van der Waals surface area contributed by atoms with Crippen molar-refractivity contribution in [2.24, 2.45) is 0 Å². The number of carboxylic acid groups (broad SMARTS) is 1. The normalized spacial score (nSPS) is 20.2. The van der Waals surface area contributed by atoms with Gasteiger partial charge in [0.2, 0.25) is 10.0 Å². The molecule has 6 nitrogen and oxygen atoms in total. The number of nitrogens with one attached hydrogen (secondary N) is 2. The fourth-order valence-electron chi connectivity index (χ4n) is 3.28. The number of carboxylic acids is 1. The number of carbonyl (C=O) groups is 1. The van der Waals surface area contributed by atoms with E-state index in [2.05, 4.69) is 10.0 Å². The van der Waals surface area contributed by atoms with Gasteiger partial charge in [0.1, 0.15) is 0 Å². The van der Waals surface area contributed by atoms with E-state index < -0.39 is 16.0 Å². The van der Waals surface area contributed by atoms with Gasteiger partial charge in [-0.1, -0.05) is 30.5 Å². The fraction of sp³-hybridized carbons (Fsp3) is 0.316. The molecule has 1 aliphatic carbocycles. The summed E-state index contributed by atoms with van der Waals surface area (Å²) >= 11 is 5.84. The Morgan fingerprint density at radius 3 is 2.37 bits per heavy atom. The number of rotatable bonds is 6. The van der Waals surface area contributed by atoms with Crippen LogP contribution in [-0.2, 0) is 10.0 Å². The predicted molar refractivity (Wildman–Crippen MR) is 105 cm³/mol. The second-order valence-electron chi connectivity index (χ2n) is 6.60. The van der Waals surface area contributed by atoms with Crippen LogP contribution in [0, 0.1) is 0 Å². The van der Waals surface area contributed by atoms with Gasteiger partial charge >= 0.3 is 5.97 Å². The number of anilines is 1. The zero-order valence-electron chi connectivity index (χ0n) is 14.6. The van der Waals surface area contributed by atoms with Crippen molar-refractivity contribution in [3.8, 4) is 0 Å². The van der Waals surface area contributed by atoms with E-state index >= 15 is 0 Å². The Kier molecular flexibility index (Phi) is 6.04. The summed E-state index contributed by atoms with van der Waals surface area (Å²) < 4.78 is 28.2. The van der Waals surface area contributed by atoms with Crippen molar-refractivity contribution in [3.05, 3.63) is 59.1 Å². The van der Waals surface area contributed by atoms with Crippen LogP contribution in [0.15, 0.2) is 53.4 Å². The van der Waals surface area contributed by atoms with Crippen LogP contribution in [-0.4, -0.2) is 31.6 Å². The molecule has 0 spiro atoms. The highest BCUT2D eigenvalue weighted by Crippen LogP contribution is 2.25. The highest BCUT2D eigenvalue weighted by Gasteiger charge is 2.29. The summed E-state index contributed by atoms with van der Waals surface area (Å²) in [6, 6.07) is 12.2. The van der Waals surface area contributed by atoms with Crippen LogP contribution in [0.3, 0.4) is 0 Å². The molecule has 1 saturated carbocycles. The third-order valence-corrected chi connectivity index (χ3v) is 6.42. The lowest BCUT2D eigenvalue weighted by molar-refractivity contribution is 0.0697. The summed E-state index contributed by atoms with van der Waals surface area (Å²) in [6.45, 7) is 0. The average molecular weight is 409 g/mol. The molecule has 2 aromatic carbocycles. The first-order valence-electron chi connectivity index (χ1n) is 8.73. The van der Waals surface area contributed by atoms with E-state index in [1.54, 1.807) is 30.3 Å². The largest absolute Gasteiger partial charge is 0.478 e. The Balaban J connectivity index is 1.76. The van der Waals surface area contributed by atoms with Gasteiger partial charge in [0.15, 0.2) is 0 Å². The molecule has 2 unspecified atom stereocenters. The first kappa shape index (κ1) is 19.7. The Morgan fingerprint density at radius 1 is 1.04 bits per heavy atom. The third-order valence-electron chi connectivity index (χ3n) is 4.66. The highest BCUT2D eigenvalue weighted by atomic mass is 35.5. The number of hydrogen-bond acceptors (Lipinski definition) is 4. The van der Waals surface area contributed by atoms with Gasteiger partial charge in [0.05, 0.1) is 10.5 Å². The first-order chi connectivity index (χ1) is 12.8. The van der Waals surface area contributed by atoms with E-state index in [1.807, 2.05) is 0 Å². The number of hydrogen-bond donors (Lipinski definition) is 3. The summed E-state index contributed by atoms with van der Waals surface area (Å²) in [6.07, 6.45) is 3.42. The molecule has 0 aromatic heterocycles. The summed E-state index contributed by atoms with van der Waals surface area (Å²) in [7, 11) is -3.67. The monoisotopic (exact) mass is 408 g/mol. The second kappa shape index (κ2) is 8.29. The quantitative estimate of drug-likeness (QED) is 0.676. The molecule has 0 amide bonds. The maximum absolute atomic E-state index is 12.7. The van der Waals surface area contributed by atoms with Gasteiger partial charge in [-0.15, -0.1) is 0 Å². The van der Waals surface area contributed by atoms with Crippen LogP contribution in [0.5, 0.6) is 0 Å². The minimum atomic E-state index is -3.67. The van der Waals surface area contributed by atoms with Crippen molar-refractivity contribution in [1.29, 1.82) is 0 Å². The molecule has 1 fully saturated rings. The molecule has 0 aliphatic heterocycles. The molecule has 3 N–H and O–H groups in total. The molecule has 1 aliphatic rings. The molecule has 3 rings (SSSR count). The zero-order chi connectivity index (χ0) is 19.4. The van der Waals surface area contributed by atoms with Gasteiger partial charge in [0.25, 0.3) is 0 Å². The Bertz CT molecular complexity index is 916. The second-order valence-corrected chi connectivity index (χ2v) is 8.75. The minimum Gasteiger partial charge on any atom is -0.478 e. The minimum absolute atomic E-state index is 0.120. The summed E-state index contributed by atoms with van der Waals surface area (Å²) in [4.78, 5) is 11.3. The maximum Gasteiger partial charge on any atom is 0.335 e. The molecule has 27 heavy (non-hydrogen) atoms. The molecule has 0 bridgehead atoms. The van der Waals surface area contributed by atoms with Crippen LogP contribution in [0.2, 0.25) is 5.02 Å². The van der Waals surface area contributed by atoms with E-state index in [0.717, 1.165) is 19.3 Å². The van der Waals surface area contributed by atoms with E-state index in [0.29, 0.717) is 17.1 Å². The molecule has 8 heteroatoms. The Labute approximate surface area is 163 Å². The van der Waals surface area contributed by atoms with Crippen LogP contribution >= 0.6 is 11.6 Å². The SMILES string of the molecule is O=C(O)c1cccc(NC2CCCCC2NS(=O)(=O)c2ccc(Cl)cc2)c1. The predicted octanol–water partition coefficient (Wildman–Crippen LogP) is 3.74. The van der Waals surface area contributed by atoms with Crippen molar-refractivity contribution in [3.63, 3.8) is 0 Å². The highest BCUT2D eigenvalue weighted by molar-refractivity contribution is 7.89. The lowest BCUT2D eigenvalue weighted by Crippen LogP contribution is -2.48. The van der Waals surface area contributed by atoms with Crippen molar-refractivity contribution in [2.45, 2.75) is 42.7 Å². The molecule has 144 valence electrons. The van der Waals surface area contributed by atoms with E-state index in [9.17, 15) is 13.2 Å². The van der Waals surface area contributed by atoms with Crippen LogP contribution in [0.4, 0.5) is 5.69 Å². The van der Waals surface area contributed by atoms with Gasteiger partial charge in [-0.25, -0.2) is 17.9 Å². The van der Waals surface area contributed by atoms with Crippen molar-refractivity contribution in [2.75, 3.05) is 5.32 Å². The topological polar surface area (TPSA) is 95.5 Å². The smallest absolute Gasteiger partial charge is 0.335 e. The Morgan fingerprint density at radius 2 is 1.70 bits per heavy atom. The summed E-state index contributed by atoms with van der Waals surface area (Å²) in [5.74, 6) is -0.998.